The number of methoxy groups -OCH3 is 1. The number of ether oxygens (including phenoxy) is 2. The number of hydrogen-bond acceptors (Lipinski definition) is 6. The number of carboxylic acid groups (broad SMARTS) is 1. The van der Waals surface area contributed by atoms with Gasteiger partial charge in [-0.1, -0.05) is 67.4 Å². The Labute approximate surface area is 246 Å². The van der Waals surface area contributed by atoms with Gasteiger partial charge in [-0.25, -0.2) is 14.2 Å². The van der Waals surface area contributed by atoms with E-state index in [4.69, 9.17) is 37.8 Å². The van der Waals surface area contributed by atoms with Crippen LogP contribution >= 0.6 is 34.5 Å². The first kappa shape index (κ1) is 31.5. The van der Waals surface area contributed by atoms with Gasteiger partial charge in [-0.3, -0.25) is 10.1 Å². The fraction of sp³-hybridized carbons (Fsp3) is 0.345. The highest BCUT2D eigenvalue weighted by molar-refractivity contribution is 7.18. The Morgan fingerprint density at radius 1 is 1.20 bits per heavy atom. The lowest BCUT2D eigenvalue weighted by Gasteiger charge is -2.18. The van der Waals surface area contributed by atoms with E-state index in [2.05, 4.69) is 31.1 Å². The molecule has 0 bridgehead atoms. The van der Waals surface area contributed by atoms with E-state index in [0.717, 1.165) is 11.3 Å². The molecule has 0 fully saturated rings. The molecule has 7 nitrogen and oxygen atoms in total. The first-order valence-electron chi connectivity index (χ1n) is 12.4. The number of anilines is 1. The van der Waals surface area contributed by atoms with Gasteiger partial charge in [0.05, 0.1) is 23.8 Å². The number of nitrogens with one attached hydrogen (secondary N) is 1. The van der Waals surface area contributed by atoms with E-state index >= 15 is 4.39 Å². The van der Waals surface area contributed by atoms with Gasteiger partial charge >= 0.3 is 5.97 Å². The molecule has 40 heavy (non-hydrogen) atoms. The van der Waals surface area contributed by atoms with Gasteiger partial charge in [0.25, 0.3) is 5.91 Å². The fourth-order valence-corrected chi connectivity index (χ4v) is 5.06. The summed E-state index contributed by atoms with van der Waals surface area (Å²) in [6, 6.07) is 7.86. The number of amides is 1. The van der Waals surface area contributed by atoms with Gasteiger partial charge in [-0.15, -0.1) is 0 Å². The van der Waals surface area contributed by atoms with Crippen molar-refractivity contribution < 1.29 is 28.6 Å². The molecule has 3 aromatic rings. The summed E-state index contributed by atoms with van der Waals surface area (Å²) in [5, 5.41) is 12.5. The average molecular weight is 610 g/mol. The minimum absolute atomic E-state index is 0.0357. The third-order valence-electron chi connectivity index (χ3n) is 5.65. The number of aliphatic carboxylic acids is 1. The van der Waals surface area contributed by atoms with Gasteiger partial charge in [-0.2, -0.15) is 0 Å². The quantitative estimate of drug-likeness (QED) is 0.169. The highest BCUT2D eigenvalue weighted by atomic mass is 35.5. The van der Waals surface area contributed by atoms with Gasteiger partial charge in [0.15, 0.2) is 5.13 Å². The Morgan fingerprint density at radius 2 is 1.88 bits per heavy atom. The average Bonchev–Trinajstić information content (AvgIpc) is 3.28. The summed E-state index contributed by atoms with van der Waals surface area (Å²) in [4.78, 5) is 28.5. The molecule has 0 aliphatic rings. The van der Waals surface area contributed by atoms with Crippen molar-refractivity contribution in [3.63, 3.8) is 0 Å². The topological polar surface area (TPSA) is 97.8 Å². The number of carbonyl (C=O) groups is 2. The lowest BCUT2D eigenvalue weighted by atomic mass is 9.99. The Kier molecular flexibility index (Phi) is 10.7. The van der Waals surface area contributed by atoms with Gasteiger partial charge in [0.2, 0.25) is 5.06 Å². The number of nitrogens with zero attached hydrogens (tertiary/aromatic N) is 1. The Balaban J connectivity index is 1.79. The minimum Gasteiger partial charge on any atom is -0.486 e. The number of halogens is 3. The Bertz CT molecular complexity index is 1410. The zero-order valence-electron chi connectivity index (χ0n) is 22.9. The predicted molar refractivity (Wildman–Crippen MR) is 158 cm³/mol. The number of carbonyl (C=O) groups excluding carboxylic acids is 1. The lowest BCUT2D eigenvalue weighted by molar-refractivity contribution is -0.132. The smallest absolute Gasteiger partial charge is 0.331 e. The van der Waals surface area contributed by atoms with E-state index in [-0.39, 0.29) is 48.5 Å². The van der Waals surface area contributed by atoms with Crippen LogP contribution in [0.5, 0.6) is 5.06 Å². The number of benzene rings is 2. The molecule has 0 radical (unpaired) electrons. The second-order valence-corrected chi connectivity index (χ2v) is 12.1. The van der Waals surface area contributed by atoms with Crippen LogP contribution in [-0.4, -0.2) is 42.3 Å². The van der Waals surface area contributed by atoms with Crippen molar-refractivity contribution in [1.82, 2.24) is 4.98 Å². The van der Waals surface area contributed by atoms with E-state index in [1.165, 1.54) is 32.2 Å². The van der Waals surface area contributed by atoms with Crippen LogP contribution < -0.4 is 10.1 Å². The maximum absolute atomic E-state index is 15.5. The summed E-state index contributed by atoms with van der Waals surface area (Å²) in [6.07, 6.45) is 2.49. The van der Waals surface area contributed by atoms with Gasteiger partial charge in [-0.05, 0) is 55.0 Å². The first-order chi connectivity index (χ1) is 18.8. The summed E-state index contributed by atoms with van der Waals surface area (Å²) in [5.41, 5.74) is 1.60. The van der Waals surface area contributed by atoms with Crippen LogP contribution in [0.1, 0.15) is 55.6 Å². The first-order valence-corrected chi connectivity index (χ1v) is 14.0. The fourth-order valence-electron chi connectivity index (χ4n) is 3.67. The molecule has 0 unspecified atom stereocenters. The van der Waals surface area contributed by atoms with E-state index < -0.39 is 17.7 Å². The second kappa shape index (κ2) is 13.6. The molecule has 1 amide bonds. The van der Waals surface area contributed by atoms with Crippen LogP contribution in [0.15, 0.2) is 35.9 Å². The molecule has 0 saturated heterocycles. The molecule has 3 rings (SSSR count). The highest BCUT2D eigenvalue weighted by Crippen LogP contribution is 2.40. The molecular weight excluding hydrogens is 578 g/mol. The molecule has 0 atom stereocenters. The van der Waals surface area contributed by atoms with Gasteiger partial charge in [0.1, 0.15) is 11.5 Å². The van der Waals surface area contributed by atoms with Crippen LogP contribution in [0.4, 0.5) is 9.52 Å². The molecule has 1 aromatic heterocycles. The second-order valence-electron chi connectivity index (χ2n) is 10.3. The van der Waals surface area contributed by atoms with Crippen molar-refractivity contribution in [3.05, 3.63) is 68.5 Å². The molecule has 2 aromatic carbocycles. The third kappa shape index (κ3) is 8.27. The predicted octanol–water partition coefficient (Wildman–Crippen LogP) is 8.00. The standard InChI is InChI=1S/C29H31Cl2FN2O5S/c1-16(26(36)37)12-20-21(30)13-18(14-22(20)31)25(35)34-28-33-24(27(38-5)40-28)19-10-6-8-17(23(19)32)9-7-11-39-15-29(2,3)4/h6,8,10,12-14H,7,9,11,15H2,1-5H3,(H,36,37)(H,33,34,35). The van der Waals surface area contributed by atoms with Crippen LogP contribution in [0.2, 0.25) is 10.0 Å². The van der Waals surface area contributed by atoms with Crippen molar-refractivity contribution >= 4 is 57.6 Å². The summed E-state index contributed by atoms with van der Waals surface area (Å²) < 4.78 is 26.6. The van der Waals surface area contributed by atoms with Crippen molar-refractivity contribution in [1.29, 1.82) is 0 Å². The summed E-state index contributed by atoms with van der Waals surface area (Å²) >= 11 is 13.6. The molecule has 11 heteroatoms. The summed E-state index contributed by atoms with van der Waals surface area (Å²) in [6.45, 7) is 8.85. The summed E-state index contributed by atoms with van der Waals surface area (Å²) in [7, 11) is 1.45. The lowest BCUT2D eigenvalue weighted by Crippen LogP contribution is -2.15. The highest BCUT2D eigenvalue weighted by Gasteiger charge is 2.21. The molecule has 0 aliphatic heterocycles. The van der Waals surface area contributed by atoms with Crippen LogP contribution in [0.25, 0.3) is 17.3 Å². The molecule has 2 N–H and O–H groups in total. The van der Waals surface area contributed by atoms with E-state index in [0.29, 0.717) is 36.7 Å². The van der Waals surface area contributed by atoms with Gasteiger partial charge < -0.3 is 14.6 Å². The van der Waals surface area contributed by atoms with Crippen LogP contribution in [-0.2, 0) is 16.0 Å². The third-order valence-corrected chi connectivity index (χ3v) is 7.20. The molecule has 1 heterocycles. The maximum Gasteiger partial charge on any atom is 0.331 e. The van der Waals surface area contributed by atoms with Crippen LogP contribution in [0, 0.1) is 11.2 Å². The number of aromatic nitrogens is 1. The van der Waals surface area contributed by atoms with Crippen molar-refractivity contribution in [2.75, 3.05) is 25.6 Å². The number of carboxylic acids is 1. The van der Waals surface area contributed by atoms with E-state index in [1.54, 1.807) is 18.2 Å². The zero-order valence-corrected chi connectivity index (χ0v) is 25.2. The zero-order chi connectivity index (χ0) is 29.6. The monoisotopic (exact) mass is 608 g/mol. The Hall–Kier alpha value is -2.98. The molecule has 0 spiro atoms. The molecule has 0 saturated carbocycles. The molecule has 0 aliphatic carbocycles. The van der Waals surface area contributed by atoms with E-state index in [9.17, 15) is 9.59 Å². The maximum atomic E-state index is 15.5. The van der Waals surface area contributed by atoms with Crippen molar-refractivity contribution in [2.45, 2.75) is 40.5 Å². The number of thiazole rings is 1. The molecular formula is C29H31Cl2FN2O5S. The van der Waals surface area contributed by atoms with Crippen molar-refractivity contribution in [2.24, 2.45) is 5.41 Å². The normalized spacial score (nSPS) is 11.9. The van der Waals surface area contributed by atoms with Crippen molar-refractivity contribution in [3.8, 4) is 16.3 Å². The van der Waals surface area contributed by atoms with E-state index in [1.807, 2.05) is 0 Å². The molecule has 214 valence electrons. The largest absolute Gasteiger partial charge is 0.486 e. The minimum atomic E-state index is -1.12. The number of rotatable bonds is 11. The van der Waals surface area contributed by atoms with Gasteiger partial charge in [0, 0.05) is 28.9 Å². The number of hydrogen-bond donors (Lipinski definition) is 2. The van der Waals surface area contributed by atoms with Crippen LogP contribution in [0.3, 0.4) is 0 Å². The SMILES string of the molecule is COc1sc(NC(=O)c2cc(Cl)c(C=C(C)C(=O)O)c(Cl)c2)nc1-c1cccc(CCCOCC(C)(C)C)c1F. The number of aryl methyl sites for hydroxylation is 1. The summed E-state index contributed by atoms with van der Waals surface area (Å²) in [5.74, 6) is -2.07. The Morgan fingerprint density at radius 3 is 2.48 bits per heavy atom.